The summed E-state index contributed by atoms with van der Waals surface area (Å²) >= 11 is 0. The molecular weight excluding hydrogens is 2390 g/mol. The van der Waals surface area contributed by atoms with Crippen LogP contribution in [-0.2, 0) is 103 Å². The zero-order valence-corrected chi connectivity index (χ0v) is 84.0. The Balaban J connectivity index is 0.000000169. The maximum Gasteiger partial charge on any atom is 2.00 e. The third kappa shape index (κ3) is 27.9. The number of para-hydroxylation sites is 1. The van der Waals surface area contributed by atoms with Crippen LogP contribution in [0.25, 0.3) is 138 Å². The van der Waals surface area contributed by atoms with E-state index in [2.05, 4.69) is 219 Å². The van der Waals surface area contributed by atoms with Gasteiger partial charge in [0, 0.05) is 121 Å². The van der Waals surface area contributed by atoms with Crippen molar-refractivity contribution in [2.24, 2.45) is 0 Å². The van der Waals surface area contributed by atoms with Crippen LogP contribution < -0.4 is 9.47 Å². The van der Waals surface area contributed by atoms with Gasteiger partial charge in [-0.25, -0.2) is 0 Å². The van der Waals surface area contributed by atoms with Gasteiger partial charge in [0.15, 0.2) is 30.1 Å². The van der Waals surface area contributed by atoms with Crippen molar-refractivity contribution in [3.05, 3.63) is 460 Å². The van der Waals surface area contributed by atoms with Gasteiger partial charge in [-0.15, -0.1) is 148 Å². The fourth-order valence-corrected chi connectivity index (χ4v) is 14.8. The van der Waals surface area contributed by atoms with E-state index in [9.17, 15) is 14.4 Å². The predicted molar refractivity (Wildman–Crippen MR) is 528 cm³/mol. The molecule has 0 saturated carbocycles. The van der Waals surface area contributed by atoms with Crippen LogP contribution in [0.2, 0.25) is 0 Å². The van der Waals surface area contributed by atoms with Crippen molar-refractivity contribution in [3.8, 4) is 73.0 Å². The first-order valence-corrected chi connectivity index (χ1v) is 42.5. The summed E-state index contributed by atoms with van der Waals surface area (Å²) in [7, 11) is 0. The van der Waals surface area contributed by atoms with Crippen LogP contribution in [0, 0.1) is 37.3 Å². The van der Waals surface area contributed by atoms with Gasteiger partial charge in [0.05, 0.1) is 34.1 Å². The summed E-state index contributed by atoms with van der Waals surface area (Å²) in [6.07, 6.45) is 9.32. The van der Waals surface area contributed by atoms with Gasteiger partial charge in [-0.05, 0) is 153 Å². The largest absolute Gasteiger partial charge is 2.00 e. The number of aromatic nitrogens is 9. The number of fused-ring (bicyclic) bond motifs is 12. The van der Waals surface area contributed by atoms with E-state index in [-0.39, 0.29) is 117 Å². The summed E-state index contributed by atoms with van der Waals surface area (Å²) < 4.78 is 2.28. The molecule has 20 heteroatoms. The second kappa shape index (κ2) is 51.0. The molecule has 7 heterocycles. The second-order valence-corrected chi connectivity index (χ2v) is 30.5. The molecule has 2 radical (unpaired) electrons. The number of nitrogens with zero attached hydrogens (tertiary/aromatic N) is 10. The molecule has 3 N–H and O–H groups in total. The zero-order valence-electron chi connectivity index (χ0n) is 74.6. The van der Waals surface area contributed by atoms with E-state index < -0.39 is 0 Å². The van der Waals surface area contributed by atoms with Crippen LogP contribution in [0.4, 0.5) is 17.3 Å². The van der Waals surface area contributed by atoms with Crippen LogP contribution in [0.3, 0.4) is 0 Å². The van der Waals surface area contributed by atoms with Crippen LogP contribution >= 0.6 is 0 Å². The van der Waals surface area contributed by atoms with E-state index in [0.29, 0.717) is 0 Å². The normalized spacial score (nSPS) is 10.8. The van der Waals surface area contributed by atoms with Gasteiger partial charge in [-0.1, -0.05) is 216 Å². The van der Waals surface area contributed by atoms with Gasteiger partial charge in [-0.3, -0.25) is 34.2 Å². The molecule has 6 aromatic heterocycles. The third-order valence-corrected chi connectivity index (χ3v) is 20.4. The topological polar surface area (TPSA) is 214 Å². The van der Waals surface area contributed by atoms with E-state index in [1.807, 2.05) is 226 Å². The molecule has 1 aliphatic heterocycles. The monoisotopic (exact) mass is 2480 g/mol. The van der Waals surface area contributed by atoms with Crippen molar-refractivity contribution in [3.63, 3.8) is 0 Å². The summed E-state index contributed by atoms with van der Waals surface area (Å²) in [6, 6.07) is 140. The molecule has 14 aromatic carbocycles. The van der Waals surface area contributed by atoms with E-state index in [1.165, 1.54) is 109 Å². The maximum absolute atomic E-state index is 10.0. The molecule has 20 aromatic rings. The van der Waals surface area contributed by atoms with E-state index in [0.717, 1.165) is 124 Å². The number of pyridine rings is 4. The number of carbonyl (C=O) groups excluding carboxylic acids is 3. The Labute approximate surface area is 841 Å². The van der Waals surface area contributed by atoms with Crippen molar-refractivity contribution in [1.82, 2.24) is 39.9 Å². The number of aryl methyl sites for hydroxylation is 1. The Morgan fingerprint density at radius 3 is 1.44 bits per heavy atom. The molecule has 0 aliphatic carbocycles. The number of aliphatic hydroxyl groups excluding tert-OH is 3. The fourth-order valence-electron chi connectivity index (χ4n) is 14.8. The summed E-state index contributed by atoms with van der Waals surface area (Å²) in [5.41, 5.74) is 21.0. The summed E-state index contributed by atoms with van der Waals surface area (Å²) in [4.78, 5) is 57.7. The average Bonchev–Trinajstić information content (AvgIpc) is 1.36. The summed E-state index contributed by atoms with van der Waals surface area (Å²) in [5.74, 6) is 1.40. The molecule has 0 spiro atoms. The molecule has 0 fully saturated rings. The molecular formula is C115H92Ir2N10O6Pt2-2. The minimum Gasteiger partial charge on any atom is -0.512 e. The Bertz CT molecular complexity index is 7220. The molecule has 0 saturated heterocycles. The van der Waals surface area contributed by atoms with Gasteiger partial charge >= 0.3 is 21.1 Å². The van der Waals surface area contributed by atoms with Crippen LogP contribution in [0.1, 0.15) is 52.8 Å². The number of rotatable bonds is 12. The number of hydrogen-bond donors (Lipinski definition) is 3. The molecule has 135 heavy (non-hydrogen) atoms. The summed E-state index contributed by atoms with van der Waals surface area (Å²) in [5, 5.41) is 43.2. The SMILES string of the molecule is CC(=O)/C=C(/C)O.CC(=O)C=C(C)O.CC(=O)C=C(C)O.Cc1cnc2c3[c-]cc(-c4ccccc4)cc3c3cc(-c4ccccc4)ccc3c2n1.[Ir].[Ir].[Pt+2].[Pt].[c-]1ccc2ccccc2c1-n1nc2ccccc2n1.[c-]1ccccc1-c1cccc(N(c2ccccc2)c2cccc(-c3[c-]cccc3)n2)n1.[c-]1ccccc1-c1nccc2ccccc12.c1ccc2c(c1)C[n+]1ccccc1-2. The Hall–Kier alpha value is -14.4. The van der Waals surface area contributed by atoms with Crippen molar-refractivity contribution in [2.75, 3.05) is 4.90 Å². The van der Waals surface area contributed by atoms with Gasteiger partial charge in [-0.2, -0.15) is 37.8 Å². The Kier molecular flexibility index (Phi) is 38.8. The van der Waals surface area contributed by atoms with Crippen molar-refractivity contribution in [1.29, 1.82) is 0 Å². The third-order valence-electron chi connectivity index (χ3n) is 20.4. The van der Waals surface area contributed by atoms with Gasteiger partial charge in [0.25, 0.3) is 0 Å². The average molecular weight is 2480 g/mol. The standard InChI is InChI=1S/C29H19N2.C28H19N3.C16H10N3.C15H10N.C12H10N.3C5H8O2.2Ir.2Pt/c1-19-18-30-28-24-14-12-22(20-8-4-2-5-9-20)16-26(24)27-17-23(21-10-6-3-7-11-21)13-15-25(27)29(28)31-19;1-4-12-22(13-5-1)25-18-10-20-27(29-25)31(24-16-8-3-9-17-24)28-21-11-19-26(30-28)23-14-6-2-7-15-23;1-2-8-13-12(6-1)7-5-11-16(13)19-17-14-9-3-4-10-15(14)18-19;1-2-7-13(8-3-1)15-14-9-5-4-6-12(14)10-11-16-15;1-2-6-11-10(5-1)9-13-8-4-3-7-12(11)13;3*1-4(6)3-5(2)7;;;;/h2-13,15-18H,1H3;1-12,14,16-21H;1-10H;1-7,9-11H;1-8H,9H2;3*3,6H,1-2H3;;;;/q-1;-2;2*-1;+1;;;;;;;+2/b;;;;;4-3-;;;;;;. The summed E-state index contributed by atoms with van der Waals surface area (Å²) in [6.45, 7) is 11.6. The number of benzene rings is 14. The zero-order chi connectivity index (χ0) is 91.4. The van der Waals surface area contributed by atoms with E-state index in [4.69, 9.17) is 35.3 Å². The van der Waals surface area contributed by atoms with Crippen LogP contribution in [0.5, 0.6) is 0 Å². The number of allylic oxidation sites excluding steroid dienone is 6. The predicted octanol–water partition coefficient (Wildman–Crippen LogP) is 26.4. The number of hydrogen-bond acceptors (Lipinski definition) is 14. The van der Waals surface area contributed by atoms with E-state index >= 15 is 0 Å². The number of anilines is 3. The van der Waals surface area contributed by atoms with Crippen molar-refractivity contribution in [2.45, 2.75) is 55.0 Å². The minimum absolute atomic E-state index is 0. The molecule has 0 amide bonds. The maximum atomic E-state index is 10.0. The Morgan fingerprint density at radius 1 is 0.407 bits per heavy atom. The molecule has 0 atom stereocenters. The first kappa shape index (κ1) is 103. The first-order valence-electron chi connectivity index (χ1n) is 42.5. The Morgan fingerprint density at radius 2 is 0.896 bits per heavy atom. The number of aliphatic hydroxyl groups is 3. The van der Waals surface area contributed by atoms with Crippen molar-refractivity contribution < 1.29 is 117 Å². The van der Waals surface area contributed by atoms with Crippen LogP contribution in [0.15, 0.2) is 418 Å². The fraction of sp³-hybridized carbons (Fsp3) is 0.0696. The number of ketones is 3. The molecule has 678 valence electrons. The van der Waals surface area contributed by atoms with Gasteiger partial charge in [0.1, 0.15) is 22.7 Å². The van der Waals surface area contributed by atoms with Gasteiger partial charge < -0.3 is 25.3 Å². The molecule has 0 bridgehead atoms. The van der Waals surface area contributed by atoms with Gasteiger partial charge in [0.2, 0.25) is 5.69 Å². The molecule has 0 unspecified atom stereocenters. The van der Waals surface area contributed by atoms with E-state index in [1.54, 1.807) is 4.80 Å². The molecule has 1 aliphatic rings. The molecule has 16 nitrogen and oxygen atoms in total. The number of carbonyl (C=O) groups is 3. The quantitative estimate of drug-likeness (QED) is 0.0341. The minimum atomic E-state index is -0.125. The first-order chi connectivity index (χ1) is 63.9. The smallest absolute Gasteiger partial charge is 0.512 e. The molecule has 21 rings (SSSR count). The van der Waals surface area contributed by atoms with Crippen LogP contribution in [-0.4, -0.2) is 72.6 Å². The second-order valence-electron chi connectivity index (χ2n) is 30.5. The van der Waals surface area contributed by atoms with Crippen molar-refractivity contribution >= 4 is 99.8 Å².